The van der Waals surface area contributed by atoms with Gasteiger partial charge in [0.25, 0.3) is 5.56 Å². The molecule has 0 atom stereocenters. The van der Waals surface area contributed by atoms with Gasteiger partial charge in [-0.2, -0.15) is 0 Å². The summed E-state index contributed by atoms with van der Waals surface area (Å²) in [5.41, 5.74) is 1.61. The molecule has 0 aliphatic carbocycles. The minimum atomic E-state index is -0.0619. The highest BCUT2D eigenvalue weighted by Crippen LogP contribution is 2.32. The first-order chi connectivity index (χ1) is 11.1. The van der Waals surface area contributed by atoms with Gasteiger partial charge in [0.2, 0.25) is 5.95 Å². The van der Waals surface area contributed by atoms with Gasteiger partial charge in [-0.05, 0) is 23.8 Å². The number of aromatic nitrogens is 2. The number of hydrogen-bond donors (Lipinski definition) is 1. The zero-order valence-electron chi connectivity index (χ0n) is 12.8. The average Bonchev–Trinajstić information content (AvgIpc) is 2.96. The third-order valence-corrected chi connectivity index (χ3v) is 4.85. The largest absolute Gasteiger partial charge is 0.383 e. The van der Waals surface area contributed by atoms with E-state index >= 15 is 0 Å². The molecule has 2 aromatic heterocycles. The molecule has 2 heterocycles. The number of hydrogen-bond acceptors (Lipinski definition) is 5. The average molecular weight is 350 g/mol. The van der Waals surface area contributed by atoms with E-state index in [1.54, 1.807) is 14.2 Å². The Kier molecular flexibility index (Phi) is 4.66. The van der Waals surface area contributed by atoms with Crippen LogP contribution in [0.15, 0.2) is 35.1 Å². The lowest BCUT2D eigenvalue weighted by molar-refractivity contribution is 0.210. The Balaban J connectivity index is 2.05. The molecule has 0 aliphatic rings. The third kappa shape index (κ3) is 3.24. The molecule has 7 heteroatoms. The van der Waals surface area contributed by atoms with Crippen LogP contribution in [0, 0.1) is 0 Å². The highest BCUT2D eigenvalue weighted by molar-refractivity contribution is 7.22. The van der Waals surface area contributed by atoms with Gasteiger partial charge >= 0.3 is 0 Å². The Labute approximate surface area is 142 Å². The minimum Gasteiger partial charge on any atom is -0.383 e. The standard InChI is InChI=1S/C16H16ClN3O2S/c1-20-15(21)14-12(19-16(20)18-6-7-22-2)9-13(23-14)10-4-3-5-11(17)8-10/h3-5,8-9H,6-7H2,1-2H3,(H,18,19). The van der Waals surface area contributed by atoms with Gasteiger partial charge in [-0.15, -0.1) is 11.3 Å². The highest BCUT2D eigenvalue weighted by Gasteiger charge is 2.13. The van der Waals surface area contributed by atoms with Gasteiger partial charge in [0.15, 0.2) is 0 Å². The van der Waals surface area contributed by atoms with Gasteiger partial charge in [0, 0.05) is 30.6 Å². The van der Waals surface area contributed by atoms with Gasteiger partial charge in [-0.25, -0.2) is 4.98 Å². The molecular weight excluding hydrogens is 334 g/mol. The fourth-order valence-electron chi connectivity index (χ4n) is 2.26. The van der Waals surface area contributed by atoms with E-state index in [4.69, 9.17) is 16.3 Å². The second kappa shape index (κ2) is 6.70. The van der Waals surface area contributed by atoms with Crippen molar-refractivity contribution in [2.24, 2.45) is 7.05 Å². The first kappa shape index (κ1) is 16.0. The lowest BCUT2D eigenvalue weighted by Crippen LogP contribution is -2.22. The summed E-state index contributed by atoms with van der Waals surface area (Å²) in [7, 11) is 3.34. The van der Waals surface area contributed by atoms with Gasteiger partial charge in [-0.3, -0.25) is 9.36 Å². The van der Waals surface area contributed by atoms with Crippen LogP contribution in [-0.2, 0) is 11.8 Å². The molecule has 0 aliphatic heterocycles. The summed E-state index contributed by atoms with van der Waals surface area (Å²) < 4.78 is 7.17. The number of fused-ring (bicyclic) bond motifs is 1. The molecule has 23 heavy (non-hydrogen) atoms. The van der Waals surface area contributed by atoms with Crippen LogP contribution in [0.2, 0.25) is 5.02 Å². The molecular formula is C16H16ClN3O2S. The number of rotatable bonds is 5. The maximum Gasteiger partial charge on any atom is 0.272 e. The second-order valence-electron chi connectivity index (χ2n) is 5.05. The van der Waals surface area contributed by atoms with Crippen molar-refractivity contribution in [2.45, 2.75) is 0 Å². The minimum absolute atomic E-state index is 0.0619. The van der Waals surface area contributed by atoms with Gasteiger partial charge in [0.1, 0.15) is 4.70 Å². The number of thiophene rings is 1. The van der Waals surface area contributed by atoms with Crippen LogP contribution in [0.1, 0.15) is 0 Å². The van der Waals surface area contributed by atoms with Crippen LogP contribution in [0.4, 0.5) is 5.95 Å². The molecule has 0 saturated heterocycles. The third-order valence-electron chi connectivity index (χ3n) is 3.45. The zero-order valence-corrected chi connectivity index (χ0v) is 14.4. The Bertz CT molecular complexity index is 904. The molecule has 0 fully saturated rings. The van der Waals surface area contributed by atoms with E-state index in [0.717, 1.165) is 10.4 Å². The quantitative estimate of drug-likeness (QED) is 0.717. The summed E-state index contributed by atoms with van der Waals surface area (Å²) >= 11 is 7.48. The van der Waals surface area contributed by atoms with Crippen LogP contribution < -0.4 is 10.9 Å². The normalized spacial score (nSPS) is 11.1. The van der Waals surface area contributed by atoms with Crippen molar-refractivity contribution in [2.75, 3.05) is 25.6 Å². The Hall–Kier alpha value is -1.89. The van der Waals surface area contributed by atoms with Crippen LogP contribution >= 0.6 is 22.9 Å². The second-order valence-corrected chi connectivity index (χ2v) is 6.54. The van der Waals surface area contributed by atoms with Crippen molar-refractivity contribution in [1.82, 2.24) is 9.55 Å². The van der Waals surface area contributed by atoms with E-state index in [1.165, 1.54) is 15.9 Å². The maximum atomic E-state index is 12.5. The molecule has 0 radical (unpaired) electrons. The van der Waals surface area contributed by atoms with E-state index in [2.05, 4.69) is 10.3 Å². The molecule has 3 rings (SSSR count). The Morgan fingerprint density at radius 2 is 2.22 bits per heavy atom. The van der Waals surface area contributed by atoms with Crippen molar-refractivity contribution in [3.8, 4) is 10.4 Å². The number of ether oxygens (including phenoxy) is 1. The number of anilines is 1. The summed E-state index contributed by atoms with van der Waals surface area (Å²) in [6, 6.07) is 9.50. The summed E-state index contributed by atoms with van der Waals surface area (Å²) in [4.78, 5) is 18.1. The monoisotopic (exact) mass is 349 g/mol. The fourth-order valence-corrected chi connectivity index (χ4v) is 3.52. The first-order valence-corrected chi connectivity index (χ1v) is 8.29. The summed E-state index contributed by atoms with van der Waals surface area (Å²) in [6.07, 6.45) is 0. The molecule has 5 nitrogen and oxygen atoms in total. The predicted octanol–water partition coefficient (Wildman–Crippen LogP) is 3.37. The molecule has 0 bridgehead atoms. The van der Waals surface area contributed by atoms with E-state index in [0.29, 0.717) is 34.3 Å². The van der Waals surface area contributed by atoms with Crippen molar-refractivity contribution >= 4 is 39.1 Å². The lowest BCUT2D eigenvalue weighted by Gasteiger charge is -2.09. The van der Waals surface area contributed by atoms with Crippen molar-refractivity contribution < 1.29 is 4.74 Å². The lowest BCUT2D eigenvalue weighted by atomic mass is 10.2. The predicted molar refractivity (Wildman–Crippen MR) is 95.7 cm³/mol. The smallest absolute Gasteiger partial charge is 0.272 e. The molecule has 120 valence electrons. The van der Waals surface area contributed by atoms with Crippen molar-refractivity contribution in [3.63, 3.8) is 0 Å². The number of nitrogens with one attached hydrogen (secondary N) is 1. The Morgan fingerprint density at radius 3 is 2.96 bits per heavy atom. The SMILES string of the molecule is COCCNc1nc2cc(-c3cccc(Cl)c3)sc2c(=O)n1C. The molecule has 1 N–H and O–H groups in total. The summed E-state index contributed by atoms with van der Waals surface area (Å²) in [6.45, 7) is 1.14. The van der Waals surface area contributed by atoms with E-state index in [-0.39, 0.29) is 5.56 Å². The highest BCUT2D eigenvalue weighted by atomic mass is 35.5. The van der Waals surface area contributed by atoms with Gasteiger partial charge in [-0.1, -0.05) is 23.7 Å². The molecule has 0 saturated carbocycles. The summed E-state index contributed by atoms with van der Waals surface area (Å²) in [5, 5.41) is 3.78. The summed E-state index contributed by atoms with van der Waals surface area (Å²) in [5.74, 6) is 0.537. The van der Waals surface area contributed by atoms with Gasteiger partial charge in [0.05, 0.1) is 12.1 Å². The van der Waals surface area contributed by atoms with Crippen LogP contribution in [0.5, 0.6) is 0 Å². The molecule has 0 amide bonds. The molecule has 3 aromatic rings. The number of nitrogens with zero attached hydrogens (tertiary/aromatic N) is 2. The van der Waals surface area contributed by atoms with Crippen molar-refractivity contribution in [1.29, 1.82) is 0 Å². The Morgan fingerprint density at radius 1 is 1.39 bits per heavy atom. The molecule has 1 aromatic carbocycles. The zero-order chi connectivity index (χ0) is 16.4. The maximum absolute atomic E-state index is 12.5. The first-order valence-electron chi connectivity index (χ1n) is 7.09. The number of benzene rings is 1. The number of methoxy groups -OCH3 is 1. The van der Waals surface area contributed by atoms with E-state index < -0.39 is 0 Å². The van der Waals surface area contributed by atoms with Crippen LogP contribution in [0.25, 0.3) is 20.7 Å². The van der Waals surface area contributed by atoms with Crippen molar-refractivity contribution in [3.05, 3.63) is 45.7 Å². The van der Waals surface area contributed by atoms with Crippen LogP contribution in [0.3, 0.4) is 0 Å². The number of halogens is 1. The molecule has 0 spiro atoms. The topological polar surface area (TPSA) is 56.1 Å². The fraction of sp³-hybridized carbons (Fsp3) is 0.250. The van der Waals surface area contributed by atoms with Gasteiger partial charge < -0.3 is 10.1 Å². The van der Waals surface area contributed by atoms with E-state index in [1.807, 2.05) is 30.3 Å². The van der Waals surface area contributed by atoms with Crippen LogP contribution in [-0.4, -0.2) is 29.8 Å². The van der Waals surface area contributed by atoms with E-state index in [9.17, 15) is 4.79 Å². The molecule has 0 unspecified atom stereocenters.